The molecule has 1 aromatic heterocycles. The van der Waals surface area contributed by atoms with Crippen molar-refractivity contribution in [2.75, 3.05) is 13.1 Å². The van der Waals surface area contributed by atoms with E-state index in [0.29, 0.717) is 17.8 Å². The van der Waals surface area contributed by atoms with Gasteiger partial charge in [-0.2, -0.15) is 10.2 Å². The van der Waals surface area contributed by atoms with Gasteiger partial charge in [-0.3, -0.25) is 14.4 Å². The average Bonchev–Trinajstić information content (AvgIpc) is 2.36. The summed E-state index contributed by atoms with van der Waals surface area (Å²) in [5.74, 6) is -3.24. The molecule has 0 atom stereocenters. The minimum Gasteiger partial charge on any atom is -0.480 e. The molecular weight excluding hydrogens is 266 g/mol. The van der Waals surface area contributed by atoms with E-state index in [1.165, 1.54) is 6.07 Å². The van der Waals surface area contributed by atoms with Gasteiger partial charge in [-0.15, -0.1) is 0 Å². The molecule has 8 heteroatoms. The van der Waals surface area contributed by atoms with Crippen LogP contribution in [0.25, 0.3) is 0 Å². The lowest BCUT2D eigenvalue weighted by Crippen LogP contribution is -2.40. The fraction of sp³-hybridized carbons (Fsp3) is 0.417. The highest BCUT2D eigenvalue weighted by atomic mass is 16.4. The van der Waals surface area contributed by atoms with Crippen LogP contribution in [0.1, 0.15) is 28.7 Å². The highest BCUT2D eigenvalue weighted by Crippen LogP contribution is 2.11. The SMILES string of the molecule is CCc1nnc(C)cc1C(=O)N(CC(=O)O)CC(=O)O. The first-order valence-electron chi connectivity index (χ1n) is 5.91. The van der Waals surface area contributed by atoms with Gasteiger partial charge < -0.3 is 15.1 Å². The Morgan fingerprint density at radius 3 is 2.15 bits per heavy atom. The average molecular weight is 281 g/mol. The molecule has 0 fully saturated rings. The Morgan fingerprint density at radius 2 is 1.70 bits per heavy atom. The van der Waals surface area contributed by atoms with E-state index in [9.17, 15) is 14.4 Å². The summed E-state index contributed by atoms with van der Waals surface area (Å²) in [7, 11) is 0. The minimum absolute atomic E-state index is 0.183. The number of aromatic nitrogens is 2. The second-order valence-electron chi connectivity index (χ2n) is 4.15. The molecule has 1 heterocycles. The molecule has 8 nitrogen and oxygen atoms in total. The van der Waals surface area contributed by atoms with Crippen LogP contribution in [0.5, 0.6) is 0 Å². The van der Waals surface area contributed by atoms with E-state index in [2.05, 4.69) is 10.2 Å². The summed E-state index contributed by atoms with van der Waals surface area (Å²) in [5.41, 5.74) is 1.08. The quantitative estimate of drug-likeness (QED) is 0.750. The molecule has 108 valence electrons. The summed E-state index contributed by atoms with van der Waals surface area (Å²) < 4.78 is 0. The van der Waals surface area contributed by atoms with Gasteiger partial charge in [-0.1, -0.05) is 6.92 Å². The molecule has 0 bridgehead atoms. The van der Waals surface area contributed by atoms with Gasteiger partial charge in [-0.05, 0) is 19.4 Å². The molecule has 0 aromatic carbocycles. The molecule has 0 aliphatic rings. The smallest absolute Gasteiger partial charge is 0.323 e. The maximum absolute atomic E-state index is 12.3. The normalized spacial score (nSPS) is 10.1. The third kappa shape index (κ3) is 4.01. The van der Waals surface area contributed by atoms with Gasteiger partial charge in [0.15, 0.2) is 0 Å². The first kappa shape index (κ1) is 15.5. The van der Waals surface area contributed by atoms with Crippen LogP contribution in [0.3, 0.4) is 0 Å². The van der Waals surface area contributed by atoms with Crippen molar-refractivity contribution in [1.29, 1.82) is 0 Å². The number of hydrogen-bond acceptors (Lipinski definition) is 5. The highest BCUT2D eigenvalue weighted by Gasteiger charge is 2.23. The van der Waals surface area contributed by atoms with Crippen molar-refractivity contribution in [3.05, 3.63) is 23.0 Å². The monoisotopic (exact) mass is 281 g/mol. The molecule has 0 unspecified atom stereocenters. The summed E-state index contributed by atoms with van der Waals surface area (Å²) >= 11 is 0. The maximum Gasteiger partial charge on any atom is 0.323 e. The topological polar surface area (TPSA) is 121 Å². The predicted octanol–water partition coefficient (Wildman–Crippen LogP) is -0.0412. The fourth-order valence-corrected chi connectivity index (χ4v) is 1.66. The molecule has 0 aliphatic carbocycles. The van der Waals surface area contributed by atoms with Crippen LogP contribution in [0.2, 0.25) is 0 Å². The molecule has 0 spiro atoms. The number of carbonyl (C=O) groups excluding carboxylic acids is 1. The first-order chi connectivity index (χ1) is 9.35. The van der Waals surface area contributed by atoms with Crippen molar-refractivity contribution in [3.63, 3.8) is 0 Å². The third-order valence-corrected chi connectivity index (χ3v) is 2.50. The van der Waals surface area contributed by atoms with Crippen LogP contribution in [0.4, 0.5) is 0 Å². The van der Waals surface area contributed by atoms with E-state index in [1.807, 2.05) is 0 Å². The van der Waals surface area contributed by atoms with Crippen molar-refractivity contribution in [1.82, 2.24) is 15.1 Å². The number of nitrogens with zero attached hydrogens (tertiary/aromatic N) is 3. The van der Waals surface area contributed by atoms with Gasteiger partial charge in [0, 0.05) is 0 Å². The Kier molecular flexibility index (Phi) is 5.13. The van der Waals surface area contributed by atoms with Crippen molar-refractivity contribution in [3.8, 4) is 0 Å². The van der Waals surface area contributed by atoms with Gasteiger partial charge in [0.2, 0.25) is 0 Å². The molecule has 0 aliphatic heterocycles. The van der Waals surface area contributed by atoms with E-state index in [-0.39, 0.29) is 5.56 Å². The molecular formula is C12H15N3O5. The van der Waals surface area contributed by atoms with Crippen molar-refractivity contribution in [2.45, 2.75) is 20.3 Å². The van der Waals surface area contributed by atoms with Crippen LogP contribution in [-0.2, 0) is 16.0 Å². The summed E-state index contributed by atoms with van der Waals surface area (Å²) in [6.45, 7) is 2.04. The second kappa shape index (κ2) is 6.60. The van der Waals surface area contributed by atoms with E-state index >= 15 is 0 Å². The van der Waals surface area contributed by atoms with Crippen LogP contribution in [-0.4, -0.2) is 56.2 Å². The van der Waals surface area contributed by atoms with Crippen molar-refractivity contribution >= 4 is 17.8 Å². The minimum atomic E-state index is -1.28. The Hall–Kier alpha value is -2.51. The van der Waals surface area contributed by atoms with Crippen molar-refractivity contribution < 1.29 is 24.6 Å². The lowest BCUT2D eigenvalue weighted by atomic mass is 10.1. The fourth-order valence-electron chi connectivity index (χ4n) is 1.66. The molecule has 0 saturated carbocycles. The summed E-state index contributed by atoms with van der Waals surface area (Å²) in [5, 5.41) is 25.2. The number of aryl methyl sites for hydroxylation is 2. The predicted molar refractivity (Wildman–Crippen MR) is 67.3 cm³/mol. The van der Waals surface area contributed by atoms with Gasteiger partial charge in [-0.25, -0.2) is 0 Å². The maximum atomic E-state index is 12.3. The number of carboxylic acid groups (broad SMARTS) is 2. The van der Waals surface area contributed by atoms with Crippen LogP contribution in [0, 0.1) is 6.92 Å². The Morgan fingerprint density at radius 1 is 1.15 bits per heavy atom. The van der Waals surface area contributed by atoms with E-state index < -0.39 is 30.9 Å². The summed E-state index contributed by atoms with van der Waals surface area (Å²) in [6, 6.07) is 1.48. The number of carboxylic acids is 2. The molecule has 1 amide bonds. The van der Waals surface area contributed by atoms with Gasteiger partial charge in [0.05, 0.1) is 17.0 Å². The summed E-state index contributed by atoms with van der Waals surface area (Å²) in [4.78, 5) is 34.5. The van der Waals surface area contributed by atoms with Crippen LogP contribution < -0.4 is 0 Å². The highest BCUT2D eigenvalue weighted by molar-refractivity contribution is 5.98. The number of aliphatic carboxylic acids is 2. The van der Waals surface area contributed by atoms with Gasteiger partial charge in [0.25, 0.3) is 5.91 Å². The number of rotatable bonds is 6. The molecule has 2 N–H and O–H groups in total. The first-order valence-corrected chi connectivity index (χ1v) is 5.91. The third-order valence-electron chi connectivity index (χ3n) is 2.50. The zero-order valence-corrected chi connectivity index (χ0v) is 11.2. The summed E-state index contributed by atoms with van der Waals surface area (Å²) in [6.07, 6.45) is 0.433. The van der Waals surface area contributed by atoms with E-state index in [4.69, 9.17) is 10.2 Å². The number of amides is 1. The van der Waals surface area contributed by atoms with Crippen molar-refractivity contribution in [2.24, 2.45) is 0 Å². The van der Waals surface area contributed by atoms with Gasteiger partial charge in [0.1, 0.15) is 13.1 Å². The molecule has 0 saturated heterocycles. The molecule has 0 radical (unpaired) electrons. The molecule has 1 rings (SSSR count). The molecule has 20 heavy (non-hydrogen) atoms. The standard InChI is InChI=1S/C12H15N3O5/c1-3-9-8(4-7(2)13-14-9)12(20)15(5-10(16)17)6-11(18)19/h4H,3,5-6H2,1-2H3,(H,16,17)(H,18,19). The Balaban J connectivity index is 3.13. The number of hydrogen-bond donors (Lipinski definition) is 2. The zero-order valence-electron chi connectivity index (χ0n) is 11.2. The lowest BCUT2D eigenvalue weighted by molar-refractivity contribution is -0.140. The lowest BCUT2D eigenvalue weighted by Gasteiger charge is -2.19. The largest absolute Gasteiger partial charge is 0.480 e. The van der Waals surface area contributed by atoms with Gasteiger partial charge >= 0.3 is 11.9 Å². The van der Waals surface area contributed by atoms with E-state index in [0.717, 1.165) is 4.90 Å². The zero-order chi connectivity index (χ0) is 15.3. The Bertz CT molecular complexity index is 528. The Labute approximate surface area is 115 Å². The van der Waals surface area contributed by atoms with E-state index in [1.54, 1.807) is 13.8 Å². The van der Waals surface area contributed by atoms with Crippen LogP contribution in [0.15, 0.2) is 6.07 Å². The number of carbonyl (C=O) groups is 3. The second-order valence-corrected chi connectivity index (χ2v) is 4.15. The van der Waals surface area contributed by atoms with Crippen LogP contribution >= 0.6 is 0 Å². The molecule has 1 aromatic rings.